The quantitative estimate of drug-likeness (QED) is 0.152. The molecule has 0 aliphatic heterocycles. The predicted molar refractivity (Wildman–Crippen MR) is 179 cm³/mol. The zero-order valence-corrected chi connectivity index (χ0v) is 28.7. The van der Waals surface area contributed by atoms with Gasteiger partial charge in [0.15, 0.2) is 0 Å². The third-order valence-electron chi connectivity index (χ3n) is 6.86. The minimum atomic E-state index is -7.19. The molecule has 0 bridgehead atoms. The molecule has 0 amide bonds. The van der Waals surface area contributed by atoms with Crippen molar-refractivity contribution < 1.29 is 16.9 Å². The minimum absolute atomic E-state index is 0.324. The van der Waals surface area contributed by atoms with Gasteiger partial charge in [-0.3, -0.25) is 0 Å². The van der Waals surface area contributed by atoms with E-state index in [0.717, 1.165) is 22.3 Å². The van der Waals surface area contributed by atoms with E-state index in [1.807, 2.05) is 158 Å². The third-order valence-corrected chi connectivity index (χ3v) is 14.5. The van der Waals surface area contributed by atoms with E-state index in [1.54, 1.807) is 0 Å². The van der Waals surface area contributed by atoms with Crippen LogP contribution in [-0.4, -0.2) is 0 Å². The third kappa shape index (κ3) is 6.96. The molecule has 2 nitrogen and oxygen atoms in total. The molecule has 6 aromatic carbocycles. The van der Waals surface area contributed by atoms with Crippen molar-refractivity contribution in [1.82, 2.24) is 0 Å². The Balaban J connectivity index is 1.56. The summed E-state index contributed by atoms with van der Waals surface area (Å²) in [5.41, 5.74) is 6.35. The first-order valence-electron chi connectivity index (χ1n) is 13.5. The number of para-hydroxylation sites is 2. The maximum atomic E-state index is 7.21. The van der Waals surface area contributed by atoms with Gasteiger partial charge in [-0.05, 0) is 0 Å². The summed E-state index contributed by atoms with van der Waals surface area (Å²) in [6.45, 7) is 0. The van der Waals surface area contributed by atoms with Crippen molar-refractivity contribution in [3.63, 3.8) is 0 Å². The van der Waals surface area contributed by atoms with Crippen LogP contribution >= 0.6 is 37.7 Å². The molecule has 0 aliphatic rings. The molecule has 0 fully saturated rings. The van der Waals surface area contributed by atoms with Crippen LogP contribution in [0.25, 0.3) is 44.5 Å². The van der Waals surface area contributed by atoms with Gasteiger partial charge in [0.1, 0.15) is 0 Å². The van der Waals surface area contributed by atoms with Crippen molar-refractivity contribution in [2.45, 2.75) is 0 Å². The Bertz CT molecular complexity index is 1630. The van der Waals surface area contributed by atoms with Crippen LogP contribution in [0.3, 0.4) is 0 Å². The van der Waals surface area contributed by atoms with Crippen LogP contribution in [0.1, 0.15) is 0 Å². The summed E-state index contributed by atoms with van der Waals surface area (Å²) in [5.74, 6) is 0.648. The zero-order chi connectivity index (χ0) is 30.0. The fourth-order valence-corrected chi connectivity index (χ4v) is 12.8. The SMILES string of the molecule is [Cl][W]([Cl])([Cl])([Cl])([O]c1c(-c2ccccc2)cccc1-c1ccccc1)[O]c1c(-c2ccccc2)cccc1-c1ccccc1. The van der Waals surface area contributed by atoms with E-state index in [9.17, 15) is 0 Å². The molecule has 7 heteroatoms. The molecule has 0 N–H and O–H groups in total. The molecule has 0 aliphatic carbocycles. The van der Waals surface area contributed by atoms with Crippen LogP contribution in [0.15, 0.2) is 158 Å². The van der Waals surface area contributed by atoms with Gasteiger partial charge in [-0.25, -0.2) is 0 Å². The second-order valence-corrected chi connectivity index (χ2v) is 48.9. The first-order valence-corrected chi connectivity index (χ1v) is 30.4. The molecule has 0 unspecified atom stereocenters. The van der Waals surface area contributed by atoms with Gasteiger partial charge in [-0.2, -0.15) is 0 Å². The number of benzene rings is 6. The van der Waals surface area contributed by atoms with E-state index >= 15 is 0 Å². The van der Waals surface area contributed by atoms with Crippen LogP contribution in [0.5, 0.6) is 11.5 Å². The van der Waals surface area contributed by atoms with Crippen LogP contribution in [0.2, 0.25) is 0 Å². The number of hydrogen-bond acceptors (Lipinski definition) is 2. The van der Waals surface area contributed by atoms with Gasteiger partial charge in [0, 0.05) is 0 Å². The molecule has 0 radical (unpaired) electrons. The second kappa shape index (κ2) is 11.4. The van der Waals surface area contributed by atoms with Crippen LogP contribution in [-0.2, 0) is 10.2 Å². The van der Waals surface area contributed by atoms with Crippen LogP contribution < -0.4 is 6.78 Å². The van der Waals surface area contributed by atoms with Gasteiger partial charge in [-0.1, -0.05) is 0 Å². The molecular formula is C36H26Cl4O2W. The molecule has 216 valence electrons. The Morgan fingerprint density at radius 3 is 0.767 bits per heavy atom. The molecule has 43 heavy (non-hydrogen) atoms. The summed E-state index contributed by atoms with van der Waals surface area (Å²) in [5, 5.41) is 0. The summed E-state index contributed by atoms with van der Waals surface area (Å²) in [6, 6.07) is 50.6. The van der Waals surface area contributed by atoms with E-state index < -0.39 is 10.2 Å². The molecule has 0 saturated carbocycles. The molecule has 6 rings (SSSR count). The van der Waals surface area contributed by atoms with Gasteiger partial charge in [-0.15, -0.1) is 0 Å². The average Bonchev–Trinajstić information content (AvgIpc) is 3.02. The zero-order valence-electron chi connectivity index (χ0n) is 22.7. The number of rotatable bonds is 8. The van der Waals surface area contributed by atoms with Gasteiger partial charge in [0.05, 0.1) is 0 Å². The molecule has 6 aromatic rings. The first-order chi connectivity index (χ1) is 20.6. The number of halogens is 4. The summed E-state index contributed by atoms with van der Waals surface area (Å²) in [6.07, 6.45) is 0. The normalized spacial score (nSPS) is 13.0. The van der Waals surface area contributed by atoms with Crippen molar-refractivity contribution >= 4 is 37.7 Å². The van der Waals surface area contributed by atoms with E-state index in [1.165, 1.54) is 0 Å². The molecular weight excluding hydrogens is 790 g/mol. The molecule has 0 aromatic heterocycles. The van der Waals surface area contributed by atoms with Crippen molar-refractivity contribution in [2.24, 2.45) is 0 Å². The van der Waals surface area contributed by atoms with E-state index in [-0.39, 0.29) is 0 Å². The van der Waals surface area contributed by atoms with Gasteiger partial charge < -0.3 is 0 Å². The Morgan fingerprint density at radius 1 is 0.302 bits per heavy atom. The second-order valence-electron chi connectivity index (χ2n) is 9.92. The predicted octanol–water partition coefficient (Wildman–Crippen LogP) is 12.5. The van der Waals surface area contributed by atoms with Gasteiger partial charge in [0.2, 0.25) is 0 Å². The standard InChI is InChI=1S/2C18H14O.4ClH.W/c2*19-18-16(14-8-3-1-4-9-14)12-7-13-17(18)15-10-5-2-6-11-15;;;;;/h2*1-13,19H;4*1H;/q;;;;;;+6/p-6. The van der Waals surface area contributed by atoms with E-state index in [4.69, 9.17) is 44.5 Å². The van der Waals surface area contributed by atoms with Gasteiger partial charge >= 0.3 is 268 Å². The molecule has 0 atom stereocenters. The van der Waals surface area contributed by atoms with Crippen molar-refractivity contribution in [2.75, 3.05) is 0 Å². The van der Waals surface area contributed by atoms with Crippen molar-refractivity contribution in [3.8, 4) is 56.0 Å². The molecule has 0 saturated heterocycles. The van der Waals surface area contributed by atoms with Crippen LogP contribution in [0, 0.1) is 0 Å². The maximum absolute atomic E-state index is 7.21. The topological polar surface area (TPSA) is 18.5 Å². The fourth-order valence-electron chi connectivity index (χ4n) is 4.97. The monoisotopic (exact) mass is 814 g/mol. The Kier molecular flexibility index (Phi) is 7.88. The molecule has 0 heterocycles. The fraction of sp³-hybridized carbons (Fsp3) is 0. The summed E-state index contributed by atoms with van der Waals surface area (Å²) in [4.78, 5) is 0. The number of hydrogen-bond donors (Lipinski definition) is 0. The first kappa shape index (κ1) is 29.8. The summed E-state index contributed by atoms with van der Waals surface area (Å²) >= 11 is 0. The Hall–Kier alpha value is -3.23. The average molecular weight is 816 g/mol. The molecule has 0 spiro atoms. The summed E-state index contributed by atoms with van der Waals surface area (Å²) in [7, 11) is 21.6. The van der Waals surface area contributed by atoms with Crippen LogP contribution in [0.4, 0.5) is 0 Å². The Morgan fingerprint density at radius 2 is 0.535 bits per heavy atom. The van der Waals surface area contributed by atoms with Crippen molar-refractivity contribution in [3.05, 3.63) is 158 Å². The summed E-state index contributed by atoms with van der Waals surface area (Å²) < 4.78 is 13.1. The van der Waals surface area contributed by atoms with Crippen molar-refractivity contribution in [1.29, 1.82) is 0 Å². The van der Waals surface area contributed by atoms with Gasteiger partial charge in [0.25, 0.3) is 0 Å². The van der Waals surface area contributed by atoms with E-state index in [0.29, 0.717) is 33.8 Å². The Labute approximate surface area is 266 Å². The van der Waals surface area contributed by atoms with E-state index in [2.05, 4.69) is 0 Å².